The van der Waals surface area contributed by atoms with E-state index in [9.17, 15) is 4.79 Å². The van der Waals surface area contributed by atoms with Crippen molar-refractivity contribution in [3.63, 3.8) is 0 Å². The molecule has 0 spiro atoms. The molecule has 0 aromatic heterocycles. The molecule has 0 aliphatic carbocycles. The van der Waals surface area contributed by atoms with E-state index >= 15 is 0 Å². The fraction of sp³-hybridized carbons (Fsp3) is 0.769. The first-order valence-corrected chi connectivity index (χ1v) is 5.89. The Balaban J connectivity index is 2.24. The third-order valence-electron chi connectivity index (χ3n) is 2.73. The van der Waals surface area contributed by atoms with Gasteiger partial charge in [0.2, 0.25) is 0 Å². The maximum absolute atomic E-state index is 10.2. The van der Waals surface area contributed by atoms with Crippen LogP contribution in [0.1, 0.15) is 33.1 Å². The fourth-order valence-electron chi connectivity index (χ4n) is 1.82. The van der Waals surface area contributed by atoms with Crippen molar-refractivity contribution in [2.45, 2.75) is 33.1 Å². The number of likely N-dealkylation sites (tertiary alicyclic amines) is 1. The molecule has 15 heavy (non-hydrogen) atoms. The van der Waals surface area contributed by atoms with Gasteiger partial charge in [0, 0.05) is 24.8 Å². The Morgan fingerprint density at radius 1 is 1.40 bits per heavy atom. The Morgan fingerprint density at radius 3 is 2.60 bits per heavy atom. The van der Waals surface area contributed by atoms with Crippen LogP contribution in [0, 0.1) is 23.7 Å². The molecule has 1 saturated heterocycles. The summed E-state index contributed by atoms with van der Waals surface area (Å²) in [6, 6.07) is 0. The lowest BCUT2D eigenvalue weighted by Gasteiger charge is -2.29. The SMILES string of the molecule is CC(C)C#CC1CCN(CCC=O)CC1. The highest BCUT2D eigenvalue weighted by atomic mass is 16.1. The Hall–Kier alpha value is -0.810. The lowest BCUT2D eigenvalue weighted by atomic mass is 9.96. The maximum Gasteiger partial charge on any atom is 0.121 e. The largest absolute Gasteiger partial charge is 0.303 e. The number of hydrogen-bond acceptors (Lipinski definition) is 2. The van der Waals surface area contributed by atoms with Gasteiger partial charge in [-0.1, -0.05) is 19.8 Å². The monoisotopic (exact) mass is 207 g/mol. The van der Waals surface area contributed by atoms with E-state index in [0.717, 1.165) is 25.9 Å². The van der Waals surface area contributed by atoms with Crippen molar-refractivity contribution < 1.29 is 4.79 Å². The van der Waals surface area contributed by atoms with E-state index in [1.807, 2.05) is 0 Å². The normalized spacial score (nSPS) is 18.6. The molecule has 0 unspecified atom stereocenters. The summed E-state index contributed by atoms with van der Waals surface area (Å²) in [5.74, 6) is 7.67. The smallest absolute Gasteiger partial charge is 0.121 e. The Bertz CT molecular complexity index is 241. The van der Waals surface area contributed by atoms with Crippen LogP contribution in [0.25, 0.3) is 0 Å². The van der Waals surface area contributed by atoms with Gasteiger partial charge in [-0.25, -0.2) is 0 Å². The van der Waals surface area contributed by atoms with Crippen LogP contribution in [0.3, 0.4) is 0 Å². The number of rotatable bonds is 3. The molecule has 0 atom stereocenters. The van der Waals surface area contributed by atoms with Crippen molar-refractivity contribution in [3.05, 3.63) is 0 Å². The van der Waals surface area contributed by atoms with Gasteiger partial charge in [-0.05, 0) is 25.9 Å². The van der Waals surface area contributed by atoms with Gasteiger partial charge >= 0.3 is 0 Å². The van der Waals surface area contributed by atoms with E-state index in [0.29, 0.717) is 18.3 Å². The minimum absolute atomic E-state index is 0.484. The van der Waals surface area contributed by atoms with Crippen molar-refractivity contribution >= 4 is 6.29 Å². The van der Waals surface area contributed by atoms with E-state index in [4.69, 9.17) is 0 Å². The zero-order valence-electron chi connectivity index (χ0n) is 9.83. The summed E-state index contributed by atoms with van der Waals surface area (Å²) in [6.45, 7) is 7.39. The maximum atomic E-state index is 10.2. The second kappa shape index (κ2) is 6.63. The van der Waals surface area contributed by atoms with Gasteiger partial charge < -0.3 is 9.69 Å². The van der Waals surface area contributed by atoms with Gasteiger partial charge in [-0.2, -0.15) is 0 Å². The molecule has 1 rings (SSSR count). The van der Waals surface area contributed by atoms with E-state index in [-0.39, 0.29) is 0 Å². The lowest BCUT2D eigenvalue weighted by molar-refractivity contribution is -0.108. The molecule has 0 aromatic rings. The first-order chi connectivity index (χ1) is 7.22. The molecule has 1 heterocycles. The molecule has 1 aliphatic heterocycles. The standard InChI is InChI=1S/C13H21NO/c1-12(2)4-5-13-6-9-14(10-7-13)8-3-11-15/h11-13H,3,6-10H2,1-2H3. The van der Waals surface area contributed by atoms with Gasteiger partial charge in [0.05, 0.1) is 0 Å². The summed E-state index contributed by atoms with van der Waals surface area (Å²) in [6.07, 6.45) is 4.00. The number of carbonyl (C=O) groups excluding carboxylic acids is 1. The quantitative estimate of drug-likeness (QED) is 0.521. The fourth-order valence-corrected chi connectivity index (χ4v) is 1.82. The highest BCUT2D eigenvalue weighted by molar-refractivity contribution is 5.49. The second-order valence-corrected chi connectivity index (χ2v) is 4.51. The second-order valence-electron chi connectivity index (χ2n) is 4.51. The van der Waals surface area contributed by atoms with Crippen LogP contribution < -0.4 is 0 Å². The van der Waals surface area contributed by atoms with Crippen LogP contribution in [0.2, 0.25) is 0 Å². The molecule has 1 aliphatic rings. The predicted octanol–water partition coefficient (Wildman–Crippen LogP) is 1.95. The first-order valence-electron chi connectivity index (χ1n) is 5.89. The lowest BCUT2D eigenvalue weighted by Crippen LogP contribution is -2.34. The molecule has 0 saturated carbocycles. The van der Waals surface area contributed by atoms with Gasteiger partial charge in [0.1, 0.15) is 6.29 Å². The highest BCUT2D eigenvalue weighted by Gasteiger charge is 2.16. The summed E-state index contributed by atoms with van der Waals surface area (Å²) >= 11 is 0. The summed E-state index contributed by atoms with van der Waals surface area (Å²) in [7, 11) is 0. The average Bonchev–Trinajstić information content (AvgIpc) is 2.25. The molecule has 0 aromatic carbocycles. The van der Waals surface area contributed by atoms with E-state index in [1.165, 1.54) is 12.8 Å². The minimum atomic E-state index is 0.484. The van der Waals surface area contributed by atoms with Crippen LogP contribution in [-0.4, -0.2) is 30.8 Å². The molecule has 0 N–H and O–H groups in total. The molecular weight excluding hydrogens is 186 g/mol. The van der Waals surface area contributed by atoms with Crippen molar-refractivity contribution in [1.82, 2.24) is 4.90 Å². The van der Waals surface area contributed by atoms with Crippen molar-refractivity contribution in [2.75, 3.05) is 19.6 Å². The minimum Gasteiger partial charge on any atom is -0.303 e. The summed E-state index contributed by atoms with van der Waals surface area (Å²) in [4.78, 5) is 12.6. The van der Waals surface area contributed by atoms with Crippen molar-refractivity contribution in [1.29, 1.82) is 0 Å². The van der Waals surface area contributed by atoms with Gasteiger partial charge in [-0.15, -0.1) is 5.92 Å². The topological polar surface area (TPSA) is 20.3 Å². The van der Waals surface area contributed by atoms with E-state index in [2.05, 4.69) is 30.6 Å². The molecule has 2 heteroatoms. The number of piperidine rings is 1. The van der Waals surface area contributed by atoms with Gasteiger partial charge in [0.15, 0.2) is 0 Å². The van der Waals surface area contributed by atoms with E-state index < -0.39 is 0 Å². The van der Waals surface area contributed by atoms with Crippen LogP contribution in [0.5, 0.6) is 0 Å². The molecule has 84 valence electrons. The van der Waals surface area contributed by atoms with Crippen LogP contribution in [0.15, 0.2) is 0 Å². The molecule has 1 fully saturated rings. The predicted molar refractivity (Wildman–Crippen MR) is 62.5 cm³/mol. The van der Waals surface area contributed by atoms with Crippen LogP contribution in [0.4, 0.5) is 0 Å². The van der Waals surface area contributed by atoms with E-state index in [1.54, 1.807) is 0 Å². The Labute approximate surface area is 93.0 Å². The van der Waals surface area contributed by atoms with Gasteiger partial charge in [-0.3, -0.25) is 0 Å². The Kier molecular flexibility index (Phi) is 5.42. The molecule has 2 nitrogen and oxygen atoms in total. The number of hydrogen-bond donors (Lipinski definition) is 0. The van der Waals surface area contributed by atoms with Gasteiger partial charge in [0.25, 0.3) is 0 Å². The molecule has 0 radical (unpaired) electrons. The molecule has 0 amide bonds. The third kappa shape index (κ3) is 4.99. The Morgan fingerprint density at radius 2 is 2.07 bits per heavy atom. The number of nitrogens with zero attached hydrogens (tertiary/aromatic N) is 1. The number of carbonyl (C=O) groups is 1. The van der Waals surface area contributed by atoms with Crippen LogP contribution >= 0.6 is 0 Å². The first kappa shape index (κ1) is 12.3. The van der Waals surface area contributed by atoms with Crippen molar-refractivity contribution in [3.8, 4) is 11.8 Å². The average molecular weight is 207 g/mol. The summed E-state index contributed by atoms with van der Waals surface area (Å²) < 4.78 is 0. The third-order valence-corrected chi connectivity index (χ3v) is 2.73. The summed E-state index contributed by atoms with van der Waals surface area (Å²) in [5.41, 5.74) is 0. The summed E-state index contributed by atoms with van der Waals surface area (Å²) in [5, 5.41) is 0. The van der Waals surface area contributed by atoms with Crippen LogP contribution in [-0.2, 0) is 4.79 Å². The number of aldehydes is 1. The molecular formula is C13H21NO. The highest BCUT2D eigenvalue weighted by Crippen LogP contribution is 2.16. The molecule has 0 bridgehead atoms. The van der Waals surface area contributed by atoms with Crippen molar-refractivity contribution in [2.24, 2.45) is 11.8 Å². The zero-order chi connectivity index (χ0) is 11.1. The zero-order valence-corrected chi connectivity index (χ0v) is 9.83.